The van der Waals surface area contributed by atoms with Crippen LogP contribution in [-0.2, 0) is 26.3 Å². The number of esters is 1. The van der Waals surface area contributed by atoms with E-state index in [1.165, 1.54) is 19.3 Å². The standard InChI is InChI=1S/C15H21NO2.CH4O3S/c16-14(13-9-5-2-6-10-13)15(17)18-11-12-7-3-1-4-8-12;1-5(2,3)4/h1,3-4,7-8,13-14H,2,5-6,9-11,16H2;1H3,(H,2,3,4). The van der Waals surface area contributed by atoms with E-state index in [9.17, 15) is 13.2 Å². The van der Waals surface area contributed by atoms with E-state index in [-0.39, 0.29) is 5.97 Å². The highest BCUT2D eigenvalue weighted by atomic mass is 32.2. The van der Waals surface area contributed by atoms with Crippen LogP contribution in [-0.4, -0.2) is 31.2 Å². The van der Waals surface area contributed by atoms with Gasteiger partial charge in [-0.1, -0.05) is 49.6 Å². The molecule has 2 rings (SSSR count). The minimum absolute atomic E-state index is 0.259. The molecule has 3 N–H and O–H groups in total. The van der Waals surface area contributed by atoms with Gasteiger partial charge in [-0.3, -0.25) is 9.35 Å². The Bertz CT molecular complexity index is 559. The first-order chi connectivity index (χ1) is 10.8. The highest BCUT2D eigenvalue weighted by Crippen LogP contribution is 2.26. The monoisotopic (exact) mass is 343 g/mol. The van der Waals surface area contributed by atoms with Gasteiger partial charge in [-0.15, -0.1) is 0 Å². The van der Waals surface area contributed by atoms with E-state index in [1.54, 1.807) is 0 Å². The topological polar surface area (TPSA) is 107 Å². The van der Waals surface area contributed by atoms with Gasteiger partial charge in [0.2, 0.25) is 0 Å². The minimum atomic E-state index is -3.67. The Morgan fingerprint density at radius 2 is 1.78 bits per heavy atom. The van der Waals surface area contributed by atoms with Gasteiger partial charge in [-0.2, -0.15) is 8.42 Å². The van der Waals surface area contributed by atoms with Gasteiger partial charge in [0, 0.05) is 0 Å². The van der Waals surface area contributed by atoms with Crippen molar-refractivity contribution in [1.29, 1.82) is 0 Å². The Morgan fingerprint density at radius 3 is 2.30 bits per heavy atom. The van der Waals surface area contributed by atoms with Crippen LogP contribution in [0.15, 0.2) is 30.3 Å². The summed E-state index contributed by atoms with van der Waals surface area (Å²) >= 11 is 0. The normalized spacial score (nSPS) is 16.8. The molecule has 0 aromatic heterocycles. The summed E-state index contributed by atoms with van der Waals surface area (Å²) in [6.07, 6.45) is 6.47. The van der Waals surface area contributed by atoms with Crippen LogP contribution in [0.1, 0.15) is 37.7 Å². The molecule has 1 unspecified atom stereocenters. The Kier molecular flexibility index (Phi) is 8.22. The zero-order chi connectivity index (χ0) is 17.3. The molecule has 0 aliphatic heterocycles. The van der Waals surface area contributed by atoms with Gasteiger partial charge in [-0.25, -0.2) is 0 Å². The zero-order valence-corrected chi connectivity index (χ0v) is 14.2. The Labute approximate surface area is 137 Å². The highest BCUT2D eigenvalue weighted by Gasteiger charge is 2.27. The van der Waals surface area contributed by atoms with Crippen molar-refractivity contribution in [2.24, 2.45) is 11.7 Å². The molecule has 1 aliphatic rings. The molecule has 130 valence electrons. The molecule has 23 heavy (non-hydrogen) atoms. The third-order valence-corrected chi connectivity index (χ3v) is 3.65. The Balaban J connectivity index is 0.000000463. The van der Waals surface area contributed by atoms with Crippen LogP contribution in [0.3, 0.4) is 0 Å². The molecule has 0 radical (unpaired) electrons. The fourth-order valence-corrected chi connectivity index (χ4v) is 2.51. The number of carbonyl (C=O) groups is 1. The predicted octanol–water partition coefficient (Wildman–Crippen LogP) is 2.14. The minimum Gasteiger partial charge on any atom is -0.460 e. The average molecular weight is 343 g/mol. The third kappa shape index (κ3) is 9.32. The molecule has 0 heterocycles. The summed E-state index contributed by atoms with van der Waals surface area (Å²) in [6.45, 7) is 0.320. The molecule has 1 aromatic carbocycles. The molecule has 6 nitrogen and oxygen atoms in total. The molecule has 0 spiro atoms. The predicted molar refractivity (Wildman–Crippen MR) is 88.3 cm³/mol. The van der Waals surface area contributed by atoms with Gasteiger partial charge in [0.25, 0.3) is 10.1 Å². The lowest BCUT2D eigenvalue weighted by Crippen LogP contribution is -2.40. The van der Waals surface area contributed by atoms with Crippen LogP contribution < -0.4 is 5.73 Å². The van der Waals surface area contributed by atoms with Crippen molar-refractivity contribution in [2.45, 2.75) is 44.8 Å². The summed E-state index contributed by atoms with van der Waals surface area (Å²) in [6, 6.07) is 9.25. The van der Waals surface area contributed by atoms with E-state index < -0.39 is 16.2 Å². The third-order valence-electron chi connectivity index (χ3n) is 3.65. The summed E-state index contributed by atoms with van der Waals surface area (Å²) in [5.41, 5.74) is 6.98. The van der Waals surface area contributed by atoms with Crippen molar-refractivity contribution in [3.05, 3.63) is 35.9 Å². The fraction of sp³-hybridized carbons (Fsp3) is 0.562. The summed E-state index contributed by atoms with van der Waals surface area (Å²) < 4.78 is 31.1. The molecule has 0 bridgehead atoms. The van der Waals surface area contributed by atoms with Gasteiger partial charge >= 0.3 is 5.97 Å². The second-order valence-electron chi connectivity index (χ2n) is 5.75. The first-order valence-corrected chi connectivity index (χ1v) is 9.51. The zero-order valence-electron chi connectivity index (χ0n) is 13.3. The first-order valence-electron chi connectivity index (χ1n) is 7.66. The second-order valence-corrected chi connectivity index (χ2v) is 7.22. The van der Waals surface area contributed by atoms with Crippen molar-refractivity contribution in [2.75, 3.05) is 6.26 Å². The lowest BCUT2D eigenvalue weighted by atomic mass is 9.84. The second kappa shape index (κ2) is 9.64. The smallest absolute Gasteiger partial charge is 0.323 e. The number of hydrogen-bond donors (Lipinski definition) is 2. The van der Waals surface area contributed by atoms with Crippen LogP contribution in [0.2, 0.25) is 0 Å². The molecule has 7 heteroatoms. The molecule has 1 aliphatic carbocycles. The van der Waals surface area contributed by atoms with Crippen LogP contribution in [0, 0.1) is 5.92 Å². The number of nitrogens with two attached hydrogens (primary N) is 1. The van der Waals surface area contributed by atoms with E-state index in [2.05, 4.69) is 0 Å². The van der Waals surface area contributed by atoms with E-state index in [0.717, 1.165) is 18.4 Å². The Hall–Kier alpha value is -1.44. The fourth-order valence-electron chi connectivity index (χ4n) is 2.51. The number of ether oxygens (including phenoxy) is 1. The maximum Gasteiger partial charge on any atom is 0.323 e. The SMILES string of the molecule is CS(=O)(=O)O.NC(C(=O)OCc1ccccc1)C1CCCCC1. The van der Waals surface area contributed by atoms with Crippen molar-refractivity contribution < 1.29 is 22.5 Å². The molecule has 1 fully saturated rings. The number of rotatable bonds is 4. The van der Waals surface area contributed by atoms with Gasteiger partial charge in [0.05, 0.1) is 6.26 Å². The van der Waals surface area contributed by atoms with E-state index in [1.807, 2.05) is 30.3 Å². The summed E-state index contributed by atoms with van der Waals surface area (Å²) in [7, 11) is -3.67. The van der Waals surface area contributed by atoms with E-state index >= 15 is 0 Å². The van der Waals surface area contributed by atoms with Crippen molar-refractivity contribution in [3.63, 3.8) is 0 Å². The maximum atomic E-state index is 11.9. The van der Waals surface area contributed by atoms with Gasteiger partial charge in [0.15, 0.2) is 0 Å². The number of carbonyl (C=O) groups excluding carboxylic acids is 1. The maximum absolute atomic E-state index is 11.9. The molecular formula is C16H25NO5S. The van der Waals surface area contributed by atoms with Crippen molar-refractivity contribution in [3.8, 4) is 0 Å². The number of hydrogen-bond acceptors (Lipinski definition) is 5. The van der Waals surface area contributed by atoms with Gasteiger partial charge < -0.3 is 10.5 Å². The lowest BCUT2D eigenvalue weighted by molar-refractivity contribution is -0.148. The van der Waals surface area contributed by atoms with Crippen LogP contribution in [0.4, 0.5) is 0 Å². The Morgan fingerprint density at radius 1 is 1.26 bits per heavy atom. The molecule has 1 atom stereocenters. The first kappa shape index (κ1) is 19.6. The molecule has 1 aromatic rings. The summed E-state index contributed by atoms with van der Waals surface area (Å²) in [5.74, 6) is 0.0489. The quantitative estimate of drug-likeness (QED) is 0.641. The molecule has 1 saturated carbocycles. The van der Waals surface area contributed by atoms with Crippen LogP contribution in [0.25, 0.3) is 0 Å². The van der Waals surface area contributed by atoms with Crippen LogP contribution in [0.5, 0.6) is 0 Å². The van der Waals surface area contributed by atoms with Gasteiger partial charge in [0.1, 0.15) is 12.6 Å². The van der Waals surface area contributed by atoms with E-state index in [0.29, 0.717) is 18.8 Å². The van der Waals surface area contributed by atoms with Crippen LogP contribution >= 0.6 is 0 Å². The van der Waals surface area contributed by atoms with Gasteiger partial charge in [-0.05, 0) is 24.3 Å². The lowest BCUT2D eigenvalue weighted by Gasteiger charge is -2.25. The molecular weight excluding hydrogens is 318 g/mol. The van der Waals surface area contributed by atoms with E-state index in [4.69, 9.17) is 15.0 Å². The largest absolute Gasteiger partial charge is 0.460 e. The highest BCUT2D eigenvalue weighted by molar-refractivity contribution is 7.85. The molecule has 0 amide bonds. The van der Waals surface area contributed by atoms with Crippen molar-refractivity contribution in [1.82, 2.24) is 0 Å². The average Bonchev–Trinajstić information content (AvgIpc) is 2.52. The summed E-state index contributed by atoms with van der Waals surface area (Å²) in [4.78, 5) is 11.9. The van der Waals surface area contributed by atoms with Crippen molar-refractivity contribution >= 4 is 16.1 Å². The molecule has 0 saturated heterocycles. The number of benzene rings is 1. The summed E-state index contributed by atoms with van der Waals surface area (Å²) in [5, 5.41) is 0.